The van der Waals surface area contributed by atoms with Crippen molar-refractivity contribution in [3.63, 3.8) is 0 Å². The van der Waals surface area contributed by atoms with Gasteiger partial charge in [0.2, 0.25) is 0 Å². The number of esters is 3. The molecule has 8 nitrogen and oxygen atoms in total. The van der Waals surface area contributed by atoms with Crippen LogP contribution in [0, 0.1) is 5.92 Å². The van der Waals surface area contributed by atoms with Crippen molar-refractivity contribution in [2.24, 2.45) is 5.92 Å². The number of carbonyl (C=O) groups is 4. The van der Waals surface area contributed by atoms with Crippen LogP contribution < -0.4 is 5.73 Å². The van der Waals surface area contributed by atoms with Gasteiger partial charge in [-0.15, -0.1) is 0 Å². The zero-order valence-electron chi connectivity index (χ0n) is 14.7. The molecule has 1 saturated carbocycles. The Morgan fingerprint density at radius 2 is 1.65 bits per heavy atom. The van der Waals surface area contributed by atoms with E-state index in [0.29, 0.717) is 24.9 Å². The highest BCUT2D eigenvalue weighted by atomic mass is 16.6. The zero-order chi connectivity index (χ0) is 19.3. The third kappa shape index (κ3) is 3.68. The van der Waals surface area contributed by atoms with Gasteiger partial charge in [0.15, 0.2) is 0 Å². The summed E-state index contributed by atoms with van der Waals surface area (Å²) < 4.78 is 14.8. The molecule has 1 aliphatic rings. The Morgan fingerprint density at radius 1 is 1.08 bits per heavy atom. The van der Waals surface area contributed by atoms with Crippen molar-refractivity contribution in [2.45, 2.75) is 31.3 Å². The normalized spacial score (nSPS) is 17.3. The molecule has 0 spiro atoms. The monoisotopic (exact) mass is 363 g/mol. The van der Waals surface area contributed by atoms with E-state index in [1.54, 1.807) is 0 Å². The largest absolute Gasteiger partial charge is 0.466 e. The van der Waals surface area contributed by atoms with Gasteiger partial charge in [-0.3, -0.25) is 4.79 Å². The Hall–Kier alpha value is -2.90. The smallest absolute Gasteiger partial charge is 0.362 e. The van der Waals surface area contributed by atoms with Gasteiger partial charge in [0.05, 0.1) is 19.8 Å². The minimum atomic E-state index is -2.34. The predicted molar refractivity (Wildman–Crippen MR) is 90.0 cm³/mol. The molecular weight excluding hydrogens is 342 g/mol. The first-order valence-corrected chi connectivity index (χ1v) is 8.12. The quantitative estimate of drug-likeness (QED) is 0.359. The van der Waals surface area contributed by atoms with E-state index < -0.39 is 29.4 Å². The van der Waals surface area contributed by atoms with Crippen LogP contribution in [0.2, 0.25) is 0 Å². The van der Waals surface area contributed by atoms with Crippen molar-refractivity contribution in [3.05, 3.63) is 29.8 Å². The summed E-state index contributed by atoms with van der Waals surface area (Å²) in [6.45, 7) is 0. The summed E-state index contributed by atoms with van der Waals surface area (Å²) in [6.07, 6.45) is 1.07. The van der Waals surface area contributed by atoms with E-state index in [9.17, 15) is 19.2 Å². The molecule has 1 fully saturated rings. The summed E-state index contributed by atoms with van der Waals surface area (Å²) in [5, 5.41) is 0. The highest BCUT2D eigenvalue weighted by molar-refractivity contribution is 6.07. The molecule has 1 aliphatic carbocycles. The summed E-state index contributed by atoms with van der Waals surface area (Å²) in [5.74, 6) is -4.05. The van der Waals surface area contributed by atoms with E-state index in [4.69, 9.17) is 19.9 Å². The van der Waals surface area contributed by atoms with Crippen LogP contribution in [0.5, 0.6) is 0 Å². The molecule has 0 heterocycles. The number of hydrogen-bond donors (Lipinski definition) is 1. The maximum absolute atomic E-state index is 12.6. The number of benzene rings is 1. The van der Waals surface area contributed by atoms with E-state index in [1.165, 1.54) is 24.3 Å². The van der Waals surface area contributed by atoms with Crippen LogP contribution >= 0.6 is 0 Å². The van der Waals surface area contributed by atoms with Crippen molar-refractivity contribution >= 4 is 29.4 Å². The third-order valence-corrected chi connectivity index (χ3v) is 4.43. The molecular formula is C18H21NO7. The molecule has 8 heteroatoms. The number of ether oxygens (including phenoxy) is 3. The maximum atomic E-state index is 12.6. The number of ketones is 1. The second-order valence-corrected chi connectivity index (χ2v) is 6.06. The first-order valence-electron chi connectivity index (χ1n) is 8.12. The van der Waals surface area contributed by atoms with Gasteiger partial charge < -0.3 is 19.9 Å². The lowest BCUT2D eigenvalue weighted by Gasteiger charge is -2.36. The van der Waals surface area contributed by atoms with Crippen LogP contribution in [-0.2, 0) is 28.6 Å². The van der Waals surface area contributed by atoms with Gasteiger partial charge >= 0.3 is 23.5 Å². The minimum absolute atomic E-state index is 0.0841. The number of hydrogen-bond acceptors (Lipinski definition) is 8. The fourth-order valence-corrected chi connectivity index (χ4v) is 3.08. The van der Waals surface area contributed by atoms with Crippen LogP contribution in [0.3, 0.4) is 0 Å². The number of methoxy groups -OCH3 is 2. The molecule has 0 bridgehead atoms. The molecule has 26 heavy (non-hydrogen) atoms. The Bertz CT molecular complexity index is 695. The predicted octanol–water partition coefficient (Wildman–Crippen LogP) is 1.27. The van der Waals surface area contributed by atoms with E-state index in [1.807, 2.05) is 0 Å². The number of carbonyl (C=O) groups excluding carboxylic acids is 4. The number of nitrogens with two attached hydrogens (primary N) is 1. The molecule has 0 aromatic heterocycles. The molecule has 140 valence electrons. The average molecular weight is 363 g/mol. The van der Waals surface area contributed by atoms with Crippen LogP contribution in [0.15, 0.2) is 24.3 Å². The number of nitrogen functional groups attached to an aromatic ring is 1. The number of Topliss-reactive ketones (excluding diaryl/α,β-unsaturated/α-hetero) is 1. The van der Waals surface area contributed by atoms with E-state index >= 15 is 0 Å². The van der Waals surface area contributed by atoms with Crippen LogP contribution in [0.1, 0.15) is 36.0 Å². The SMILES string of the molecule is COC(=O)C(OC(=O)c1ccc(N)cc1)(C(=O)OC)[C@H]1CCCC(=O)C1. The molecule has 1 aromatic carbocycles. The zero-order valence-corrected chi connectivity index (χ0v) is 14.7. The lowest BCUT2D eigenvalue weighted by molar-refractivity contribution is -0.189. The summed E-state index contributed by atoms with van der Waals surface area (Å²) in [6, 6.07) is 5.78. The first kappa shape index (κ1) is 19.4. The summed E-state index contributed by atoms with van der Waals surface area (Å²) >= 11 is 0. The molecule has 0 unspecified atom stereocenters. The van der Waals surface area contributed by atoms with Gasteiger partial charge in [0.1, 0.15) is 5.78 Å². The molecule has 0 radical (unpaired) electrons. The molecule has 0 amide bonds. The van der Waals surface area contributed by atoms with E-state index in [2.05, 4.69) is 0 Å². The minimum Gasteiger partial charge on any atom is -0.466 e. The van der Waals surface area contributed by atoms with Crippen LogP contribution in [0.25, 0.3) is 0 Å². The van der Waals surface area contributed by atoms with E-state index in [0.717, 1.165) is 14.2 Å². The molecule has 2 N–H and O–H groups in total. The number of rotatable bonds is 5. The molecule has 1 aromatic rings. The van der Waals surface area contributed by atoms with Crippen LogP contribution in [0.4, 0.5) is 5.69 Å². The van der Waals surface area contributed by atoms with Gasteiger partial charge in [-0.05, 0) is 37.1 Å². The third-order valence-electron chi connectivity index (χ3n) is 4.43. The van der Waals surface area contributed by atoms with Crippen molar-refractivity contribution in [1.29, 1.82) is 0 Å². The standard InChI is InChI=1S/C18H21NO7/c1-24-16(22)18(17(23)25-2,12-4-3-5-14(20)10-12)26-15(21)11-6-8-13(19)9-7-11/h6-9,12H,3-5,10,19H2,1-2H3/t12-/m0/s1. The van der Waals surface area contributed by atoms with Gasteiger partial charge in [0, 0.05) is 24.4 Å². The summed E-state index contributed by atoms with van der Waals surface area (Å²) in [4.78, 5) is 49.5. The molecule has 0 aliphatic heterocycles. The van der Waals surface area contributed by atoms with Crippen molar-refractivity contribution in [3.8, 4) is 0 Å². The fraction of sp³-hybridized carbons (Fsp3) is 0.444. The second kappa shape index (κ2) is 7.99. The molecule has 2 rings (SSSR count). The van der Waals surface area contributed by atoms with Gasteiger partial charge in [-0.1, -0.05) is 0 Å². The average Bonchev–Trinajstić information content (AvgIpc) is 2.65. The van der Waals surface area contributed by atoms with Crippen molar-refractivity contribution in [2.75, 3.05) is 20.0 Å². The van der Waals surface area contributed by atoms with Gasteiger partial charge in [-0.25, -0.2) is 14.4 Å². The van der Waals surface area contributed by atoms with Gasteiger partial charge in [-0.2, -0.15) is 0 Å². The second-order valence-electron chi connectivity index (χ2n) is 6.06. The van der Waals surface area contributed by atoms with Gasteiger partial charge in [0.25, 0.3) is 0 Å². The van der Waals surface area contributed by atoms with Crippen molar-refractivity contribution in [1.82, 2.24) is 0 Å². The Morgan fingerprint density at radius 3 is 2.15 bits per heavy atom. The highest BCUT2D eigenvalue weighted by Crippen LogP contribution is 2.36. The lowest BCUT2D eigenvalue weighted by Crippen LogP contribution is -2.58. The van der Waals surface area contributed by atoms with Crippen molar-refractivity contribution < 1.29 is 33.4 Å². The van der Waals surface area contributed by atoms with Crippen LogP contribution in [-0.4, -0.2) is 43.5 Å². The van der Waals surface area contributed by atoms with E-state index in [-0.39, 0.29) is 17.8 Å². The number of anilines is 1. The molecule has 0 saturated heterocycles. The Labute approximate surface area is 150 Å². The fourth-order valence-electron chi connectivity index (χ4n) is 3.08. The first-order chi connectivity index (χ1) is 12.3. The highest BCUT2D eigenvalue weighted by Gasteiger charge is 2.59. The molecule has 1 atom stereocenters. The topological polar surface area (TPSA) is 122 Å². The summed E-state index contributed by atoms with van der Waals surface area (Å²) in [5.41, 5.74) is 3.79. The maximum Gasteiger partial charge on any atom is 0.362 e. The Kier molecular flexibility index (Phi) is 5.97. The Balaban J connectivity index is 2.45. The lowest BCUT2D eigenvalue weighted by atomic mass is 9.76. The summed E-state index contributed by atoms with van der Waals surface area (Å²) in [7, 11) is 2.14.